The molecule has 0 saturated heterocycles. The number of rotatable bonds is 7. The van der Waals surface area contributed by atoms with Crippen molar-refractivity contribution in [3.8, 4) is 0 Å². The summed E-state index contributed by atoms with van der Waals surface area (Å²) in [5.41, 5.74) is 3.85. The zero-order valence-corrected chi connectivity index (χ0v) is 18.5. The van der Waals surface area contributed by atoms with Crippen LogP contribution in [-0.4, -0.2) is 33.3 Å². The van der Waals surface area contributed by atoms with Gasteiger partial charge in [0.2, 0.25) is 5.95 Å². The van der Waals surface area contributed by atoms with Gasteiger partial charge < -0.3 is 10.6 Å². The molecule has 2 heterocycles. The van der Waals surface area contributed by atoms with Crippen LogP contribution in [0, 0.1) is 13.8 Å². The molecule has 9 nitrogen and oxygen atoms in total. The average Bonchev–Trinajstić information content (AvgIpc) is 3.00. The van der Waals surface area contributed by atoms with Crippen molar-refractivity contribution in [1.29, 1.82) is 0 Å². The second-order valence-corrected chi connectivity index (χ2v) is 8.57. The van der Waals surface area contributed by atoms with Gasteiger partial charge in [-0.15, -0.1) is 0 Å². The molecule has 1 aromatic carbocycles. The molecular formula is C19H23N7O2S2. The van der Waals surface area contributed by atoms with E-state index in [1.165, 1.54) is 24.5 Å². The van der Waals surface area contributed by atoms with Crippen molar-refractivity contribution in [3.05, 3.63) is 59.7 Å². The molecule has 0 atom stereocenters. The Morgan fingerprint density at radius 2 is 1.80 bits per heavy atom. The van der Waals surface area contributed by atoms with Crippen LogP contribution in [0.4, 0.5) is 11.6 Å². The molecule has 3 N–H and O–H groups in total. The second kappa shape index (κ2) is 9.18. The molecule has 0 aliphatic rings. The summed E-state index contributed by atoms with van der Waals surface area (Å²) in [7, 11) is -3.78. The second-order valence-electron chi connectivity index (χ2n) is 6.48. The van der Waals surface area contributed by atoms with Gasteiger partial charge in [-0.1, -0.05) is 0 Å². The third-order valence-electron chi connectivity index (χ3n) is 4.47. The van der Waals surface area contributed by atoms with Crippen LogP contribution >= 0.6 is 12.2 Å². The third-order valence-corrected chi connectivity index (χ3v) is 6.06. The fourth-order valence-electron chi connectivity index (χ4n) is 2.89. The van der Waals surface area contributed by atoms with Crippen molar-refractivity contribution in [2.24, 2.45) is 0 Å². The predicted molar refractivity (Wildman–Crippen MR) is 120 cm³/mol. The first-order chi connectivity index (χ1) is 14.3. The fraction of sp³-hybridized carbons (Fsp3) is 0.263. The molecule has 0 unspecified atom stereocenters. The molecule has 0 aliphatic carbocycles. The Morgan fingerprint density at radius 1 is 1.13 bits per heavy atom. The first-order valence-electron chi connectivity index (χ1n) is 9.28. The van der Waals surface area contributed by atoms with Crippen LogP contribution in [0.2, 0.25) is 0 Å². The Labute approximate surface area is 181 Å². The van der Waals surface area contributed by atoms with Crippen LogP contribution in [0.1, 0.15) is 23.9 Å². The lowest BCUT2D eigenvalue weighted by Crippen LogP contribution is -2.28. The smallest absolute Gasteiger partial charge is 0.264 e. The van der Waals surface area contributed by atoms with Crippen molar-refractivity contribution in [3.63, 3.8) is 0 Å². The highest BCUT2D eigenvalue weighted by Gasteiger charge is 2.15. The number of aryl methyl sites for hydroxylation is 2. The topological polar surface area (TPSA) is 114 Å². The Morgan fingerprint density at radius 3 is 2.40 bits per heavy atom. The van der Waals surface area contributed by atoms with Gasteiger partial charge in [-0.2, -0.15) is 5.10 Å². The largest absolute Gasteiger partial charge is 0.358 e. The summed E-state index contributed by atoms with van der Waals surface area (Å²) in [6.45, 7) is 7.42. The molecule has 2 aromatic heterocycles. The highest BCUT2D eigenvalue weighted by Crippen LogP contribution is 2.17. The van der Waals surface area contributed by atoms with Crippen LogP contribution in [0.25, 0.3) is 0 Å². The quantitative estimate of drug-likeness (QED) is 0.476. The van der Waals surface area contributed by atoms with E-state index >= 15 is 0 Å². The summed E-state index contributed by atoms with van der Waals surface area (Å²) in [4.78, 5) is 7.83. The number of sulfonamides is 1. The van der Waals surface area contributed by atoms with E-state index in [9.17, 15) is 8.42 Å². The van der Waals surface area contributed by atoms with Gasteiger partial charge in [-0.3, -0.25) is 4.68 Å². The Balaban J connectivity index is 1.60. The number of aromatic nitrogens is 4. The van der Waals surface area contributed by atoms with Crippen molar-refractivity contribution in [2.75, 3.05) is 10.0 Å². The molecule has 0 saturated carbocycles. The molecule has 3 rings (SSSR count). The number of thiocarbonyl (C=S) groups is 1. The van der Waals surface area contributed by atoms with E-state index in [2.05, 4.69) is 37.3 Å². The van der Waals surface area contributed by atoms with Gasteiger partial charge >= 0.3 is 0 Å². The molecule has 30 heavy (non-hydrogen) atoms. The van der Waals surface area contributed by atoms with E-state index in [0.29, 0.717) is 17.3 Å². The number of anilines is 2. The molecule has 158 valence electrons. The first-order valence-corrected chi connectivity index (χ1v) is 11.2. The van der Waals surface area contributed by atoms with Crippen LogP contribution in [-0.2, 0) is 23.1 Å². The minimum absolute atomic E-state index is 0.0158. The number of nitrogens with one attached hydrogen (secondary N) is 3. The highest BCUT2D eigenvalue weighted by molar-refractivity contribution is 7.92. The third kappa shape index (κ3) is 5.10. The zero-order valence-electron chi connectivity index (χ0n) is 16.9. The number of hydrogen-bond acceptors (Lipinski definition) is 6. The normalized spacial score (nSPS) is 11.2. The molecule has 0 amide bonds. The maximum atomic E-state index is 12.4. The SMILES string of the molecule is CCn1nc(C)c(CNC(=S)Nc2ccc(S(=O)(=O)Nc3ncccn3)cc2)c1C. The van der Waals surface area contributed by atoms with Crippen LogP contribution in [0.3, 0.4) is 0 Å². The highest BCUT2D eigenvalue weighted by atomic mass is 32.2. The van der Waals surface area contributed by atoms with E-state index in [-0.39, 0.29) is 10.8 Å². The first kappa shape index (κ1) is 21.7. The maximum Gasteiger partial charge on any atom is 0.264 e. The molecule has 0 radical (unpaired) electrons. The van der Waals surface area contributed by atoms with Gasteiger partial charge in [0.05, 0.1) is 10.6 Å². The summed E-state index contributed by atoms with van der Waals surface area (Å²) < 4.78 is 29.1. The number of nitrogens with zero attached hydrogens (tertiary/aromatic N) is 4. The lowest BCUT2D eigenvalue weighted by Gasteiger charge is -2.12. The molecule has 3 aromatic rings. The van der Waals surface area contributed by atoms with Crippen LogP contribution in [0.15, 0.2) is 47.6 Å². The molecule has 0 bridgehead atoms. The van der Waals surface area contributed by atoms with Crippen molar-refractivity contribution < 1.29 is 8.42 Å². The molecular weight excluding hydrogens is 422 g/mol. The van der Waals surface area contributed by atoms with Crippen LogP contribution < -0.4 is 15.4 Å². The molecule has 0 spiro atoms. The Hall–Kier alpha value is -3.05. The van der Waals surface area contributed by atoms with Crippen LogP contribution in [0.5, 0.6) is 0 Å². The van der Waals surface area contributed by atoms with Gasteiger partial charge in [0.1, 0.15) is 0 Å². The summed E-state index contributed by atoms with van der Waals surface area (Å²) in [6, 6.07) is 7.85. The van der Waals surface area contributed by atoms with Gasteiger partial charge in [0.15, 0.2) is 5.11 Å². The lowest BCUT2D eigenvalue weighted by atomic mass is 10.2. The fourth-order valence-corrected chi connectivity index (χ4v) is 4.04. The Bertz CT molecular complexity index is 1130. The maximum absolute atomic E-state index is 12.4. The van der Waals surface area contributed by atoms with Gasteiger partial charge in [-0.25, -0.2) is 23.1 Å². The lowest BCUT2D eigenvalue weighted by molar-refractivity contribution is 0.601. The van der Waals surface area contributed by atoms with Crippen molar-refractivity contribution >= 4 is 39.0 Å². The summed E-state index contributed by atoms with van der Waals surface area (Å²) >= 11 is 5.35. The predicted octanol–water partition coefficient (Wildman–Crippen LogP) is 2.60. The standard InChI is InChI=1S/C19H23N7O2S2/c1-4-26-14(3)17(13(2)24-26)12-22-19(29)23-15-6-8-16(9-7-15)30(27,28)25-18-20-10-5-11-21-18/h5-11H,4,12H2,1-3H3,(H,20,21,25)(H2,22,23,29). The molecule has 0 fully saturated rings. The summed E-state index contributed by atoms with van der Waals surface area (Å²) in [5, 5.41) is 11.1. The molecule has 0 aliphatic heterocycles. The van der Waals surface area contributed by atoms with E-state index < -0.39 is 10.0 Å². The zero-order chi connectivity index (χ0) is 21.7. The Kier molecular flexibility index (Phi) is 6.63. The average molecular weight is 446 g/mol. The van der Waals surface area contributed by atoms with E-state index in [4.69, 9.17) is 12.2 Å². The summed E-state index contributed by atoms with van der Waals surface area (Å²) in [6.07, 6.45) is 2.92. The molecule has 11 heteroatoms. The van der Waals surface area contributed by atoms with E-state index in [1.54, 1.807) is 18.2 Å². The minimum Gasteiger partial charge on any atom is -0.358 e. The van der Waals surface area contributed by atoms with Crippen molar-refractivity contribution in [1.82, 2.24) is 25.1 Å². The summed E-state index contributed by atoms with van der Waals surface area (Å²) in [5.74, 6) is 0.0158. The van der Waals surface area contributed by atoms with Crippen molar-refractivity contribution in [2.45, 2.75) is 38.8 Å². The number of hydrogen-bond donors (Lipinski definition) is 3. The van der Waals surface area contributed by atoms with E-state index in [1.807, 2.05) is 18.5 Å². The van der Waals surface area contributed by atoms with Gasteiger partial charge in [-0.05, 0) is 63.3 Å². The van der Waals surface area contributed by atoms with Gasteiger partial charge in [0.25, 0.3) is 10.0 Å². The van der Waals surface area contributed by atoms with E-state index in [0.717, 1.165) is 23.5 Å². The van der Waals surface area contributed by atoms with Gasteiger partial charge in [0, 0.05) is 42.4 Å². The minimum atomic E-state index is -3.78. The monoisotopic (exact) mass is 445 g/mol. The number of benzene rings is 1.